The Kier molecular flexibility index (Phi) is 4.11. The van der Waals surface area contributed by atoms with Gasteiger partial charge in [-0.3, -0.25) is 14.7 Å². The molecule has 0 aliphatic heterocycles. The highest BCUT2D eigenvalue weighted by molar-refractivity contribution is 7.86. The van der Waals surface area contributed by atoms with E-state index in [-0.39, 0.29) is 0 Å². The Bertz CT molecular complexity index is 530. The molecule has 0 aromatic carbocycles. The van der Waals surface area contributed by atoms with E-state index in [9.17, 15) is 27.3 Å². The minimum absolute atomic E-state index is 0.824. The monoisotopic (exact) mass is 297 g/mol. The molecule has 1 rings (SSSR count). The van der Waals surface area contributed by atoms with Gasteiger partial charge in [0, 0.05) is 6.08 Å². The molecular weight excluding hydrogens is 284 g/mol. The number of alkyl halides is 2. The highest BCUT2D eigenvalue weighted by Crippen LogP contribution is 2.47. The maximum Gasteiger partial charge on any atom is 0.272 e. The Labute approximate surface area is 108 Å². The summed E-state index contributed by atoms with van der Waals surface area (Å²) in [6, 6.07) is 0. The zero-order chi connectivity index (χ0) is 15.0. The molecule has 6 nitrogen and oxygen atoms in total. The van der Waals surface area contributed by atoms with Crippen LogP contribution in [0, 0.1) is 15.5 Å². The molecule has 1 N–H and O–H groups in total. The first-order valence-electron chi connectivity index (χ1n) is 5.34. The Hall–Kier alpha value is -1.35. The molecule has 3 unspecified atom stereocenters. The molecule has 9 heteroatoms. The second-order valence-electron chi connectivity index (χ2n) is 4.29. The molecule has 1 aliphatic rings. The first kappa shape index (κ1) is 15.7. The van der Waals surface area contributed by atoms with Crippen molar-refractivity contribution >= 4 is 10.1 Å². The van der Waals surface area contributed by atoms with Gasteiger partial charge in [-0.25, -0.2) is 8.78 Å². The van der Waals surface area contributed by atoms with Gasteiger partial charge in [-0.05, 0) is 13.8 Å². The Balaban J connectivity index is 3.65. The summed E-state index contributed by atoms with van der Waals surface area (Å²) in [5, 5.41) is 8.89. The summed E-state index contributed by atoms with van der Waals surface area (Å²) in [5.41, 5.74) is -3.49. The largest absolute Gasteiger partial charge is 0.285 e. The number of allylic oxidation sites excluding steroid dienone is 3. The molecule has 0 aromatic heterocycles. The molecular formula is C10H13F2NO5S. The minimum Gasteiger partial charge on any atom is -0.285 e. The number of nitro groups is 1. The zero-order valence-corrected chi connectivity index (χ0v) is 11.0. The van der Waals surface area contributed by atoms with Gasteiger partial charge in [-0.2, -0.15) is 8.42 Å². The first-order chi connectivity index (χ1) is 8.56. The summed E-state index contributed by atoms with van der Waals surface area (Å²) in [6.07, 6.45) is -1.72. The van der Waals surface area contributed by atoms with Crippen LogP contribution >= 0.6 is 0 Å². The van der Waals surface area contributed by atoms with Crippen LogP contribution < -0.4 is 0 Å². The van der Waals surface area contributed by atoms with Gasteiger partial charge in [-0.1, -0.05) is 12.2 Å². The molecule has 0 bridgehead atoms. The van der Waals surface area contributed by atoms with E-state index in [0.717, 1.165) is 32.1 Å². The van der Waals surface area contributed by atoms with Crippen molar-refractivity contribution in [2.45, 2.75) is 31.4 Å². The normalized spacial score (nSPS) is 30.6. The minimum atomic E-state index is -4.90. The van der Waals surface area contributed by atoms with Gasteiger partial charge in [0.1, 0.15) is 23.0 Å². The van der Waals surface area contributed by atoms with Crippen LogP contribution in [0.15, 0.2) is 23.9 Å². The van der Waals surface area contributed by atoms with Gasteiger partial charge in [-0.15, -0.1) is 0 Å². The Morgan fingerprint density at radius 2 is 1.89 bits per heavy atom. The van der Waals surface area contributed by atoms with Crippen LogP contribution in [0.4, 0.5) is 8.78 Å². The van der Waals surface area contributed by atoms with Gasteiger partial charge >= 0.3 is 0 Å². The number of halogens is 2. The zero-order valence-electron chi connectivity index (χ0n) is 10.2. The van der Waals surface area contributed by atoms with Crippen molar-refractivity contribution in [1.82, 2.24) is 0 Å². The summed E-state index contributed by atoms with van der Waals surface area (Å²) in [5.74, 6) is 0. The fraction of sp³-hybridized carbons (Fsp3) is 0.600. The maximum absolute atomic E-state index is 13.9. The Morgan fingerprint density at radius 1 is 1.42 bits per heavy atom. The summed E-state index contributed by atoms with van der Waals surface area (Å²) in [6.45, 7) is 1.65. The van der Waals surface area contributed by atoms with Gasteiger partial charge < -0.3 is 0 Å². The highest BCUT2D eigenvalue weighted by Gasteiger charge is 2.62. The molecule has 19 heavy (non-hydrogen) atoms. The molecule has 0 amide bonds. The molecule has 108 valence electrons. The number of hydrogen-bond acceptors (Lipinski definition) is 4. The molecule has 3 atom stereocenters. The molecule has 0 saturated carbocycles. The van der Waals surface area contributed by atoms with E-state index < -0.39 is 43.7 Å². The van der Waals surface area contributed by atoms with Crippen molar-refractivity contribution < 1.29 is 26.7 Å². The third-order valence-corrected chi connectivity index (χ3v) is 4.48. The second kappa shape index (κ2) is 4.97. The highest BCUT2D eigenvalue weighted by atomic mass is 32.2. The predicted molar refractivity (Wildman–Crippen MR) is 63.1 cm³/mol. The third kappa shape index (κ3) is 2.39. The molecule has 0 radical (unpaired) electrons. The lowest BCUT2D eigenvalue weighted by atomic mass is 9.71. The van der Waals surface area contributed by atoms with Gasteiger partial charge in [0.05, 0.1) is 4.92 Å². The van der Waals surface area contributed by atoms with Crippen molar-refractivity contribution in [3.63, 3.8) is 0 Å². The smallest absolute Gasteiger partial charge is 0.272 e. The lowest BCUT2D eigenvalue weighted by molar-refractivity contribution is -0.445. The fourth-order valence-electron chi connectivity index (χ4n) is 2.44. The van der Waals surface area contributed by atoms with E-state index in [1.807, 2.05) is 0 Å². The van der Waals surface area contributed by atoms with Crippen LogP contribution in [0.2, 0.25) is 0 Å². The fourth-order valence-corrected chi connectivity index (χ4v) is 3.72. The van der Waals surface area contributed by atoms with E-state index in [2.05, 4.69) is 0 Å². The topological polar surface area (TPSA) is 97.5 Å². The molecule has 0 fully saturated rings. The van der Waals surface area contributed by atoms with Crippen LogP contribution in [0.1, 0.15) is 13.8 Å². The first-order valence-corrected chi connectivity index (χ1v) is 6.84. The molecule has 1 aliphatic carbocycles. The predicted octanol–water partition coefficient (Wildman–Crippen LogP) is 1.68. The van der Waals surface area contributed by atoms with Crippen LogP contribution in [0.5, 0.6) is 0 Å². The quantitative estimate of drug-likeness (QED) is 0.483. The van der Waals surface area contributed by atoms with Crippen molar-refractivity contribution in [2.75, 3.05) is 0 Å². The standard InChI is InChI=1S/C10H13F2NO5S/c1-6(11)10(7(2)12)8(13(14)15)4-3-5-9(10)19(16,17)18/h3-7,9H,1-2H3,(H,16,17,18). The number of rotatable bonds is 4. The van der Waals surface area contributed by atoms with Crippen molar-refractivity contribution in [2.24, 2.45) is 5.41 Å². The average molecular weight is 297 g/mol. The second-order valence-corrected chi connectivity index (χ2v) is 5.83. The van der Waals surface area contributed by atoms with E-state index in [1.165, 1.54) is 0 Å². The third-order valence-electron chi connectivity index (χ3n) is 3.29. The van der Waals surface area contributed by atoms with E-state index in [1.54, 1.807) is 0 Å². The molecule has 0 heterocycles. The number of hydrogen-bond donors (Lipinski definition) is 1. The molecule has 0 aromatic rings. The van der Waals surface area contributed by atoms with Gasteiger partial charge in [0.25, 0.3) is 15.8 Å². The van der Waals surface area contributed by atoms with Crippen LogP contribution in [-0.4, -0.2) is 35.5 Å². The average Bonchev–Trinajstić information content (AvgIpc) is 2.25. The lowest BCUT2D eigenvalue weighted by Crippen LogP contribution is -2.54. The van der Waals surface area contributed by atoms with E-state index in [4.69, 9.17) is 4.55 Å². The van der Waals surface area contributed by atoms with Crippen molar-refractivity contribution in [3.8, 4) is 0 Å². The van der Waals surface area contributed by atoms with Crippen molar-refractivity contribution in [1.29, 1.82) is 0 Å². The maximum atomic E-state index is 13.9. The number of nitrogens with zero attached hydrogens (tertiary/aromatic N) is 1. The van der Waals surface area contributed by atoms with E-state index in [0.29, 0.717) is 0 Å². The van der Waals surface area contributed by atoms with Crippen LogP contribution in [0.3, 0.4) is 0 Å². The van der Waals surface area contributed by atoms with Gasteiger partial charge in [0.2, 0.25) is 0 Å². The summed E-state index contributed by atoms with van der Waals surface area (Å²) >= 11 is 0. The van der Waals surface area contributed by atoms with Crippen molar-refractivity contribution in [3.05, 3.63) is 34.0 Å². The van der Waals surface area contributed by atoms with Crippen LogP contribution in [-0.2, 0) is 10.1 Å². The summed E-state index contributed by atoms with van der Waals surface area (Å²) in [4.78, 5) is 9.91. The van der Waals surface area contributed by atoms with Crippen LogP contribution in [0.25, 0.3) is 0 Å². The summed E-state index contributed by atoms with van der Waals surface area (Å²) < 4.78 is 59.5. The SMILES string of the molecule is CC(F)C1(C(C)F)C([N+](=O)[O-])=CC=CC1S(=O)(=O)O. The van der Waals surface area contributed by atoms with Gasteiger partial charge in [0.15, 0.2) is 0 Å². The Morgan fingerprint density at radius 3 is 2.21 bits per heavy atom. The molecule has 0 spiro atoms. The van der Waals surface area contributed by atoms with E-state index >= 15 is 0 Å². The molecule has 0 saturated heterocycles. The summed E-state index contributed by atoms with van der Waals surface area (Å²) in [7, 11) is -4.90. The lowest BCUT2D eigenvalue weighted by Gasteiger charge is -2.38.